The Kier molecular flexibility index (Phi) is 3.73. The molecule has 0 aromatic heterocycles. The van der Waals surface area contributed by atoms with E-state index in [0.29, 0.717) is 18.1 Å². The standard InChI is InChI=1S/C11H12O3/c1-3-8-13-10-6-4-5-7-11(10)14-9(2)12/h3-7H,1,8H2,2H3. The first-order valence-corrected chi connectivity index (χ1v) is 4.25. The van der Waals surface area contributed by atoms with Crippen LogP contribution in [0.4, 0.5) is 0 Å². The van der Waals surface area contributed by atoms with Crippen LogP contribution in [0.2, 0.25) is 0 Å². The van der Waals surface area contributed by atoms with Crippen molar-refractivity contribution in [1.82, 2.24) is 0 Å². The molecule has 0 saturated heterocycles. The third-order valence-corrected chi connectivity index (χ3v) is 1.46. The molecule has 0 aliphatic rings. The summed E-state index contributed by atoms with van der Waals surface area (Å²) in [5.74, 6) is 0.615. The Labute approximate surface area is 83.0 Å². The second-order valence-corrected chi connectivity index (χ2v) is 2.64. The van der Waals surface area contributed by atoms with Gasteiger partial charge in [0.2, 0.25) is 0 Å². The van der Waals surface area contributed by atoms with Gasteiger partial charge < -0.3 is 9.47 Å². The second-order valence-electron chi connectivity index (χ2n) is 2.64. The summed E-state index contributed by atoms with van der Waals surface area (Å²) >= 11 is 0. The van der Waals surface area contributed by atoms with E-state index in [9.17, 15) is 4.79 Å². The molecule has 3 nitrogen and oxygen atoms in total. The van der Waals surface area contributed by atoms with E-state index in [2.05, 4.69) is 6.58 Å². The van der Waals surface area contributed by atoms with Gasteiger partial charge in [-0.25, -0.2) is 0 Å². The predicted octanol–water partition coefficient (Wildman–Crippen LogP) is 2.18. The Bertz CT molecular complexity index is 331. The topological polar surface area (TPSA) is 35.5 Å². The maximum atomic E-state index is 10.7. The molecule has 0 aliphatic carbocycles. The van der Waals surface area contributed by atoms with E-state index in [0.717, 1.165) is 0 Å². The summed E-state index contributed by atoms with van der Waals surface area (Å²) in [6.45, 7) is 5.27. The van der Waals surface area contributed by atoms with Crippen LogP contribution >= 0.6 is 0 Å². The Hall–Kier alpha value is -1.77. The lowest BCUT2D eigenvalue weighted by molar-refractivity contribution is -0.132. The van der Waals surface area contributed by atoms with Gasteiger partial charge in [0.15, 0.2) is 11.5 Å². The van der Waals surface area contributed by atoms with E-state index in [1.807, 2.05) is 6.07 Å². The van der Waals surface area contributed by atoms with E-state index >= 15 is 0 Å². The Morgan fingerprint density at radius 3 is 2.64 bits per heavy atom. The molecule has 0 atom stereocenters. The maximum Gasteiger partial charge on any atom is 0.308 e. The van der Waals surface area contributed by atoms with Crippen molar-refractivity contribution in [3.05, 3.63) is 36.9 Å². The fraction of sp³-hybridized carbons (Fsp3) is 0.182. The molecule has 0 aliphatic heterocycles. The van der Waals surface area contributed by atoms with Crippen molar-refractivity contribution >= 4 is 5.97 Å². The summed E-state index contributed by atoms with van der Waals surface area (Å²) in [6.07, 6.45) is 1.63. The van der Waals surface area contributed by atoms with Gasteiger partial charge in [-0.15, -0.1) is 0 Å². The van der Waals surface area contributed by atoms with E-state index < -0.39 is 0 Å². The van der Waals surface area contributed by atoms with Crippen LogP contribution in [-0.4, -0.2) is 12.6 Å². The summed E-state index contributed by atoms with van der Waals surface area (Å²) in [5, 5.41) is 0. The third-order valence-electron chi connectivity index (χ3n) is 1.46. The SMILES string of the molecule is C=CCOc1ccccc1OC(C)=O. The first kappa shape index (κ1) is 10.3. The lowest BCUT2D eigenvalue weighted by Gasteiger charge is -2.08. The molecule has 0 amide bonds. The highest BCUT2D eigenvalue weighted by Crippen LogP contribution is 2.26. The van der Waals surface area contributed by atoms with Crippen molar-refractivity contribution in [3.8, 4) is 11.5 Å². The molecule has 1 aromatic carbocycles. The summed E-state index contributed by atoms with van der Waals surface area (Å²) < 4.78 is 10.2. The zero-order valence-electron chi connectivity index (χ0n) is 8.03. The highest BCUT2D eigenvalue weighted by atomic mass is 16.6. The van der Waals surface area contributed by atoms with Crippen molar-refractivity contribution in [3.63, 3.8) is 0 Å². The zero-order valence-corrected chi connectivity index (χ0v) is 8.03. The van der Waals surface area contributed by atoms with Crippen LogP contribution in [-0.2, 0) is 4.79 Å². The molecule has 0 heterocycles. The second kappa shape index (κ2) is 5.07. The monoisotopic (exact) mass is 192 g/mol. The molecule has 1 rings (SSSR count). The maximum absolute atomic E-state index is 10.7. The van der Waals surface area contributed by atoms with Crippen LogP contribution in [0.15, 0.2) is 36.9 Å². The average Bonchev–Trinajstić information content (AvgIpc) is 2.16. The minimum atomic E-state index is -0.361. The molecule has 3 heteroatoms. The lowest BCUT2D eigenvalue weighted by Crippen LogP contribution is -2.03. The number of carbonyl (C=O) groups excluding carboxylic acids is 1. The minimum absolute atomic E-state index is 0.361. The Morgan fingerprint density at radius 1 is 1.43 bits per heavy atom. The molecule has 0 bridgehead atoms. The van der Waals surface area contributed by atoms with Gasteiger partial charge in [-0.3, -0.25) is 4.79 Å². The molecule has 0 spiro atoms. The van der Waals surface area contributed by atoms with Crippen molar-refractivity contribution < 1.29 is 14.3 Å². The van der Waals surface area contributed by atoms with Crippen LogP contribution in [0, 0.1) is 0 Å². The first-order chi connectivity index (χ1) is 6.74. The summed E-state index contributed by atoms with van der Waals surface area (Å²) in [5.41, 5.74) is 0. The van der Waals surface area contributed by atoms with Crippen LogP contribution in [0.1, 0.15) is 6.92 Å². The molecule has 74 valence electrons. The average molecular weight is 192 g/mol. The van der Waals surface area contributed by atoms with Gasteiger partial charge >= 0.3 is 5.97 Å². The summed E-state index contributed by atoms with van der Waals surface area (Å²) in [6, 6.07) is 7.01. The van der Waals surface area contributed by atoms with Gasteiger partial charge in [0, 0.05) is 6.92 Å². The van der Waals surface area contributed by atoms with E-state index in [1.165, 1.54) is 6.92 Å². The molecule has 0 saturated carbocycles. The van der Waals surface area contributed by atoms with Crippen LogP contribution in [0.5, 0.6) is 11.5 Å². The van der Waals surface area contributed by atoms with Gasteiger partial charge in [-0.1, -0.05) is 24.8 Å². The van der Waals surface area contributed by atoms with Crippen molar-refractivity contribution in [2.75, 3.05) is 6.61 Å². The fourth-order valence-corrected chi connectivity index (χ4v) is 0.957. The van der Waals surface area contributed by atoms with Crippen molar-refractivity contribution in [2.45, 2.75) is 6.92 Å². The number of esters is 1. The molecule has 14 heavy (non-hydrogen) atoms. The first-order valence-electron chi connectivity index (χ1n) is 4.25. The smallest absolute Gasteiger partial charge is 0.308 e. The predicted molar refractivity (Wildman–Crippen MR) is 53.4 cm³/mol. The number of benzene rings is 1. The largest absolute Gasteiger partial charge is 0.486 e. The number of rotatable bonds is 4. The highest BCUT2D eigenvalue weighted by molar-refractivity contribution is 5.70. The summed E-state index contributed by atoms with van der Waals surface area (Å²) in [4.78, 5) is 10.7. The molecule has 0 unspecified atom stereocenters. The molecule has 0 radical (unpaired) electrons. The third kappa shape index (κ3) is 2.94. The molecule has 1 aromatic rings. The van der Waals surface area contributed by atoms with Gasteiger partial charge in [-0.05, 0) is 12.1 Å². The fourth-order valence-electron chi connectivity index (χ4n) is 0.957. The van der Waals surface area contributed by atoms with Gasteiger partial charge in [-0.2, -0.15) is 0 Å². The van der Waals surface area contributed by atoms with Crippen molar-refractivity contribution in [2.24, 2.45) is 0 Å². The summed E-state index contributed by atoms with van der Waals surface area (Å²) in [7, 11) is 0. The quantitative estimate of drug-likeness (QED) is 0.416. The number of para-hydroxylation sites is 2. The number of hydrogen-bond donors (Lipinski definition) is 0. The Morgan fingerprint density at radius 2 is 2.07 bits per heavy atom. The van der Waals surface area contributed by atoms with E-state index in [4.69, 9.17) is 9.47 Å². The van der Waals surface area contributed by atoms with Crippen LogP contribution < -0.4 is 9.47 Å². The number of hydrogen-bond acceptors (Lipinski definition) is 3. The van der Waals surface area contributed by atoms with Gasteiger partial charge in [0.1, 0.15) is 6.61 Å². The zero-order chi connectivity index (χ0) is 10.4. The van der Waals surface area contributed by atoms with Crippen LogP contribution in [0.25, 0.3) is 0 Å². The number of carbonyl (C=O) groups is 1. The van der Waals surface area contributed by atoms with Gasteiger partial charge in [0.25, 0.3) is 0 Å². The molecule has 0 N–H and O–H groups in total. The normalized spacial score (nSPS) is 9.21. The van der Waals surface area contributed by atoms with E-state index in [-0.39, 0.29) is 5.97 Å². The molecule has 0 fully saturated rings. The van der Waals surface area contributed by atoms with Crippen LogP contribution in [0.3, 0.4) is 0 Å². The number of ether oxygens (including phenoxy) is 2. The van der Waals surface area contributed by atoms with Gasteiger partial charge in [0.05, 0.1) is 0 Å². The minimum Gasteiger partial charge on any atom is -0.486 e. The lowest BCUT2D eigenvalue weighted by atomic mass is 10.3. The Balaban J connectivity index is 2.79. The highest BCUT2D eigenvalue weighted by Gasteiger charge is 2.05. The van der Waals surface area contributed by atoms with Crippen molar-refractivity contribution in [1.29, 1.82) is 0 Å². The van der Waals surface area contributed by atoms with E-state index in [1.54, 1.807) is 24.3 Å². The molecular weight excluding hydrogens is 180 g/mol. The molecular formula is C11H12O3.